The Labute approximate surface area is 320 Å². The number of rotatable bonds is 3. The van der Waals surface area contributed by atoms with Crippen molar-refractivity contribution in [3.8, 4) is 11.1 Å². The van der Waals surface area contributed by atoms with Crippen molar-refractivity contribution in [2.24, 2.45) is 5.92 Å². The second kappa shape index (κ2) is 17.2. The van der Waals surface area contributed by atoms with Crippen molar-refractivity contribution >= 4 is 11.3 Å². The third kappa shape index (κ3) is 11.0. The molecule has 252 valence electrons. The van der Waals surface area contributed by atoms with E-state index >= 15 is 0 Å². The van der Waals surface area contributed by atoms with Crippen LogP contribution in [-0.2, 0) is 41.5 Å². The van der Waals surface area contributed by atoms with E-state index in [1.807, 2.05) is 0 Å². The number of fused-ring (bicyclic) bond motifs is 3. The molecule has 4 aromatic rings. The van der Waals surface area contributed by atoms with Gasteiger partial charge >= 0.3 is 99.2 Å². The Morgan fingerprint density at radius 2 is 1.25 bits per heavy atom. The minimum atomic E-state index is -1.07. The molecule has 1 unspecified atom stereocenters. The molecule has 2 aliphatic carbocycles. The third-order valence-corrected chi connectivity index (χ3v) is 12.2. The van der Waals surface area contributed by atoms with Gasteiger partial charge in [0.2, 0.25) is 0 Å². The van der Waals surface area contributed by atoms with Crippen LogP contribution in [0.1, 0.15) is 88.8 Å². The quantitative estimate of drug-likeness (QED) is 0.165. The van der Waals surface area contributed by atoms with Crippen molar-refractivity contribution in [1.82, 2.24) is 0 Å². The Hall–Kier alpha value is -2.09. The van der Waals surface area contributed by atoms with E-state index in [0.29, 0.717) is 5.92 Å². The van der Waals surface area contributed by atoms with Gasteiger partial charge in [-0.25, -0.2) is 10.8 Å². The molecule has 0 saturated heterocycles. The van der Waals surface area contributed by atoms with E-state index in [1.165, 1.54) is 77.5 Å². The summed E-state index contributed by atoms with van der Waals surface area (Å²) in [6.45, 7) is 25.2. The van der Waals surface area contributed by atoms with Crippen molar-refractivity contribution in [2.75, 3.05) is 0 Å². The van der Waals surface area contributed by atoms with Gasteiger partial charge in [-0.3, -0.25) is 6.08 Å². The SMILES string of the molecule is CC(C)(C)c1[c-]c2c(cc1)-c1ccc(C(C)(C)C)cc1C2.CC1=[C-]C(C)C=C1[Si](C)(C)C.[Cl-].[Cl-].[Zr+2]=[C](c1ccccc1)c1ccccc1. The molecule has 6 rings (SSSR count). The van der Waals surface area contributed by atoms with Gasteiger partial charge in [0.05, 0.1) is 0 Å². The molecule has 0 amide bonds. The summed E-state index contributed by atoms with van der Waals surface area (Å²) in [5.41, 5.74) is 12.8. The molecule has 0 nitrogen and oxygen atoms in total. The predicted octanol–water partition coefficient (Wildman–Crippen LogP) is 5.65. The second-order valence-corrected chi connectivity index (χ2v) is 22.1. The first-order chi connectivity index (χ1) is 21.4. The molecule has 2 aliphatic rings. The Morgan fingerprint density at radius 3 is 1.67 bits per heavy atom. The average molecular weight is 771 g/mol. The van der Waals surface area contributed by atoms with E-state index in [0.717, 1.165) is 6.42 Å². The van der Waals surface area contributed by atoms with E-state index in [4.69, 9.17) is 0 Å². The Kier molecular flexibility index (Phi) is 15.1. The molecule has 0 heterocycles. The molecule has 0 aromatic heterocycles. The number of benzene rings is 4. The van der Waals surface area contributed by atoms with Crippen molar-refractivity contribution in [1.29, 1.82) is 0 Å². The predicted molar refractivity (Wildman–Crippen MR) is 200 cm³/mol. The first kappa shape index (κ1) is 42.1. The first-order valence-electron chi connectivity index (χ1n) is 16.7. The van der Waals surface area contributed by atoms with E-state index < -0.39 is 8.07 Å². The minimum absolute atomic E-state index is 0. The maximum atomic E-state index is 3.67. The number of allylic oxidation sites excluding steroid dienone is 4. The van der Waals surface area contributed by atoms with Gasteiger partial charge in [0.1, 0.15) is 0 Å². The molecular weight excluding hydrogens is 719 g/mol. The van der Waals surface area contributed by atoms with Gasteiger partial charge in [-0.1, -0.05) is 105 Å². The molecule has 0 fully saturated rings. The van der Waals surface area contributed by atoms with Crippen LogP contribution in [0.4, 0.5) is 0 Å². The molecule has 0 saturated carbocycles. The van der Waals surface area contributed by atoms with Crippen LogP contribution in [0, 0.1) is 18.1 Å². The zero-order chi connectivity index (χ0) is 33.9. The van der Waals surface area contributed by atoms with Crippen LogP contribution in [0.25, 0.3) is 11.1 Å². The summed E-state index contributed by atoms with van der Waals surface area (Å²) in [6, 6.07) is 36.3. The third-order valence-electron chi connectivity index (χ3n) is 8.66. The van der Waals surface area contributed by atoms with Gasteiger partial charge in [-0.15, -0.1) is 11.1 Å². The fourth-order valence-electron chi connectivity index (χ4n) is 6.05. The van der Waals surface area contributed by atoms with E-state index in [2.05, 4.69) is 184 Å². The van der Waals surface area contributed by atoms with Crippen molar-refractivity contribution in [2.45, 2.75) is 92.3 Å². The van der Waals surface area contributed by atoms with Crippen LogP contribution in [0.2, 0.25) is 19.6 Å². The second-order valence-electron chi connectivity index (χ2n) is 15.8. The summed E-state index contributed by atoms with van der Waals surface area (Å²) in [7, 11) is -1.07. The standard InChI is InChI=1S/C21H25.C13H10.C10H17Si.2ClH.Zr/c1-20(2,3)16-7-9-18-14(12-16)11-15-13-17(21(4,5)6)8-10-19(15)18;1-3-7-12(8-4-1)11-13-9-5-2-6-10-13;1-8-6-9(2)10(7-8)11(3,4)5;;;/h7-10,12H,11H2,1-6H3;1-10H;7-8H,1-5H3;2*1H;/q-1;;-1;;;+2/p-2. The summed E-state index contributed by atoms with van der Waals surface area (Å²) in [5, 5.41) is 1.60. The monoisotopic (exact) mass is 768 g/mol. The first-order valence-corrected chi connectivity index (χ1v) is 21.4. The fourth-order valence-corrected chi connectivity index (χ4v) is 8.82. The van der Waals surface area contributed by atoms with Gasteiger partial charge in [0.15, 0.2) is 0 Å². The Balaban J connectivity index is 0.000000260. The molecule has 48 heavy (non-hydrogen) atoms. The number of hydrogen-bond acceptors (Lipinski definition) is 0. The molecule has 4 heteroatoms. The van der Waals surface area contributed by atoms with Gasteiger partial charge in [-0.2, -0.15) is 29.8 Å². The fraction of sp³-hybridized carbons (Fsp3) is 0.341. The van der Waals surface area contributed by atoms with Gasteiger partial charge < -0.3 is 24.8 Å². The molecule has 4 aromatic carbocycles. The Morgan fingerprint density at radius 1 is 0.729 bits per heavy atom. The number of hydrogen-bond donors (Lipinski definition) is 0. The van der Waals surface area contributed by atoms with E-state index in [-0.39, 0.29) is 35.6 Å². The molecule has 0 aliphatic heterocycles. The van der Waals surface area contributed by atoms with Crippen LogP contribution in [0.5, 0.6) is 0 Å². The van der Waals surface area contributed by atoms with Crippen LogP contribution in [0.3, 0.4) is 0 Å². The number of halogens is 2. The summed E-state index contributed by atoms with van der Waals surface area (Å²) in [4.78, 5) is 0. The zero-order valence-corrected chi connectivity index (χ0v) is 35.7. The van der Waals surface area contributed by atoms with Gasteiger partial charge in [-0.05, 0) is 36.5 Å². The molecule has 0 radical (unpaired) electrons. The molecular formula is C44H52Cl2SiZr-2. The molecule has 1 atom stereocenters. The van der Waals surface area contributed by atoms with Crippen LogP contribution in [0.15, 0.2) is 108 Å². The van der Waals surface area contributed by atoms with Crippen molar-refractivity contribution in [3.63, 3.8) is 0 Å². The summed E-state index contributed by atoms with van der Waals surface area (Å²) < 4.78 is 1.42. The van der Waals surface area contributed by atoms with E-state index in [9.17, 15) is 0 Å². The average Bonchev–Trinajstić information content (AvgIpc) is 3.55. The van der Waals surface area contributed by atoms with Crippen molar-refractivity contribution < 1.29 is 49.0 Å². The van der Waals surface area contributed by atoms with Crippen LogP contribution < -0.4 is 24.8 Å². The molecule has 0 bridgehead atoms. The summed E-state index contributed by atoms with van der Waals surface area (Å²) >= 11 is 1.46. The Bertz CT molecular complexity index is 1630. The zero-order valence-electron chi connectivity index (χ0n) is 30.8. The molecule has 0 spiro atoms. The van der Waals surface area contributed by atoms with Gasteiger partial charge in [0, 0.05) is 0 Å². The van der Waals surface area contributed by atoms with Gasteiger partial charge in [0.25, 0.3) is 0 Å². The molecule has 0 N–H and O–H groups in total. The van der Waals surface area contributed by atoms with Crippen LogP contribution >= 0.6 is 0 Å². The van der Waals surface area contributed by atoms with Crippen molar-refractivity contribution in [3.05, 3.63) is 153 Å². The maximum absolute atomic E-state index is 3.67. The van der Waals surface area contributed by atoms with E-state index in [1.54, 1.807) is 5.20 Å². The topological polar surface area (TPSA) is 0 Å². The normalized spacial score (nSPS) is 14.7. The summed E-state index contributed by atoms with van der Waals surface area (Å²) in [6.07, 6.45) is 6.83. The summed E-state index contributed by atoms with van der Waals surface area (Å²) in [5.74, 6) is 0.553. The van der Waals surface area contributed by atoms with Crippen LogP contribution in [-0.4, -0.2) is 11.3 Å².